The molecule has 0 aromatic rings. The van der Waals surface area contributed by atoms with E-state index in [4.69, 9.17) is 5.26 Å². The molecule has 0 aromatic heterocycles. The zero-order valence-corrected chi connectivity index (χ0v) is 13.2. The van der Waals surface area contributed by atoms with Gasteiger partial charge in [-0.2, -0.15) is 9.65 Å². The normalized spacial score (nSPS) is 34.8. The van der Waals surface area contributed by atoms with E-state index < -0.39 is 5.83 Å². The molecule has 2 heteroatoms. The average molecular weight is 289 g/mol. The molecule has 0 unspecified atom stereocenters. The van der Waals surface area contributed by atoms with Crippen molar-refractivity contribution < 1.29 is 4.39 Å². The van der Waals surface area contributed by atoms with E-state index in [0.29, 0.717) is 5.92 Å². The summed E-state index contributed by atoms with van der Waals surface area (Å²) >= 11 is 0. The van der Waals surface area contributed by atoms with Crippen molar-refractivity contribution in [2.24, 2.45) is 23.7 Å². The number of nitriles is 1. The largest absolute Gasteiger partial charge is 0.196 e. The third-order valence-electron chi connectivity index (χ3n) is 5.43. The summed E-state index contributed by atoms with van der Waals surface area (Å²) in [6.45, 7) is 2.31. The van der Waals surface area contributed by atoms with E-state index in [9.17, 15) is 4.39 Å². The topological polar surface area (TPSA) is 23.8 Å². The van der Waals surface area contributed by atoms with Crippen molar-refractivity contribution in [1.29, 1.82) is 5.26 Å². The van der Waals surface area contributed by atoms with E-state index in [1.807, 2.05) is 0 Å². The highest BCUT2D eigenvalue weighted by Crippen LogP contribution is 2.34. The maximum atomic E-state index is 13.0. The summed E-state index contributed by atoms with van der Waals surface area (Å²) in [6, 6.07) is 1.58. The predicted octanol–water partition coefficient (Wildman–Crippen LogP) is 5.94. The lowest BCUT2D eigenvalue weighted by molar-refractivity contribution is 0.301. The Morgan fingerprint density at radius 2 is 1.43 bits per heavy atom. The van der Waals surface area contributed by atoms with Crippen LogP contribution in [0, 0.1) is 35.0 Å². The van der Waals surface area contributed by atoms with E-state index in [1.54, 1.807) is 6.07 Å². The van der Waals surface area contributed by atoms with Crippen LogP contribution in [0.2, 0.25) is 0 Å². The average Bonchev–Trinajstić information content (AvgIpc) is 2.54. The van der Waals surface area contributed by atoms with Crippen molar-refractivity contribution >= 4 is 0 Å². The molecular formula is C19H28FN. The van der Waals surface area contributed by atoms with Gasteiger partial charge in [0, 0.05) is 0 Å². The van der Waals surface area contributed by atoms with Crippen molar-refractivity contribution in [2.45, 2.75) is 64.7 Å². The molecule has 0 radical (unpaired) electrons. The van der Waals surface area contributed by atoms with Gasteiger partial charge >= 0.3 is 0 Å². The first kappa shape index (κ1) is 16.3. The highest BCUT2D eigenvalue weighted by Gasteiger charge is 2.21. The van der Waals surface area contributed by atoms with Crippen molar-refractivity contribution in [3.8, 4) is 6.07 Å². The molecule has 2 aliphatic rings. The van der Waals surface area contributed by atoms with Crippen molar-refractivity contribution in [3.05, 3.63) is 24.1 Å². The summed E-state index contributed by atoms with van der Waals surface area (Å²) in [5, 5.41) is 8.48. The molecule has 2 aliphatic carbocycles. The molecule has 0 aromatic carbocycles. The molecule has 0 atom stereocenters. The maximum absolute atomic E-state index is 13.0. The number of hydrogen-bond donors (Lipinski definition) is 0. The molecule has 0 N–H and O–H groups in total. The van der Waals surface area contributed by atoms with Crippen LogP contribution in [0.15, 0.2) is 24.1 Å². The van der Waals surface area contributed by atoms with Gasteiger partial charge in [0.25, 0.3) is 0 Å². The zero-order chi connectivity index (χ0) is 15.1. The number of allylic oxidation sites excluding steroid dienone is 4. The van der Waals surface area contributed by atoms with Crippen LogP contribution >= 0.6 is 0 Å². The standard InChI is InChI=1S/C19H28FN/c1-2-15-3-5-16(6-4-15)7-8-17-9-11-18(12-10-17)13-19(20)14-21/h7-8,13,15-18H,2-6,9-12H2,1H3/b8-7+,19-13?. The van der Waals surface area contributed by atoms with Gasteiger partial charge in [0.1, 0.15) is 6.07 Å². The molecule has 2 saturated carbocycles. The van der Waals surface area contributed by atoms with Crippen LogP contribution in [-0.2, 0) is 0 Å². The quantitative estimate of drug-likeness (QED) is 0.464. The fraction of sp³-hybridized carbons (Fsp3) is 0.737. The first-order valence-electron chi connectivity index (χ1n) is 8.67. The first-order valence-corrected chi connectivity index (χ1v) is 8.67. The minimum absolute atomic E-state index is 0.272. The second kappa shape index (κ2) is 8.37. The van der Waals surface area contributed by atoms with Gasteiger partial charge in [0.05, 0.1) is 0 Å². The van der Waals surface area contributed by atoms with Crippen LogP contribution in [0.1, 0.15) is 64.7 Å². The maximum Gasteiger partial charge on any atom is 0.196 e. The van der Waals surface area contributed by atoms with Gasteiger partial charge in [-0.05, 0) is 81.1 Å². The smallest absolute Gasteiger partial charge is 0.195 e. The summed E-state index contributed by atoms with van der Waals surface area (Å²) in [5.74, 6) is 2.09. The Bertz CT molecular complexity index is 402. The van der Waals surface area contributed by atoms with Gasteiger partial charge < -0.3 is 0 Å². The number of hydrogen-bond acceptors (Lipinski definition) is 1. The van der Waals surface area contributed by atoms with Crippen molar-refractivity contribution in [2.75, 3.05) is 0 Å². The SMILES string of the molecule is CCC1CCC(/C=C/C2CCC(C=C(F)C#N)CC2)CC1. The molecule has 0 heterocycles. The molecule has 2 fully saturated rings. The van der Waals surface area contributed by atoms with Crippen LogP contribution < -0.4 is 0 Å². The highest BCUT2D eigenvalue weighted by molar-refractivity contribution is 5.13. The Morgan fingerprint density at radius 3 is 1.90 bits per heavy atom. The Balaban J connectivity index is 1.71. The van der Waals surface area contributed by atoms with Gasteiger partial charge in [0.2, 0.25) is 0 Å². The van der Waals surface area contributed by atoms with E-state index in [-0.39, 0.29) is 5.92 Å². The third kappa shape index (κ3) is 5.30. The molecule has 0 spiro atoms. The van der Waals surface area contributed by atoms with Crippen molar-refractivity contribution in [1.82, 2.24) is 0 Å². The predicted molar refractivity (Wildman–Crippen MR) is 85.1 cm³/mol. The minimum Gasteiger partial charge on any atom is -0.195 e. The van der Waals surface area contributed by atoms with E-state index >= 15 is 0 Å². The van der Waals surface area contributed by atoms with Crippen LogP contribution in [-0.4, -0.2) is 0 Å². The molecule has 0 bridgehead atoms. The Morgan fingerprint density at radius 1 is 0.952 bits per heavy atom. The fourth-order valence-corrected chi connectivity index (χ4v) is 3.85. The van der Waals surface area contributed by atoms with Gasteiger partial charge in [-0.1, -0.05) is 25.5 Å². The zero-order valence-electron chi connectivity index (χ0n) is 13.2. The van der Waals surface area contributed by atoms with Gasteiger partial charge in [-0.3, -0.25) is 0 Å². The van der Waals surface area contributed by atoms with Gasteiger partial charge in [0.15, 0.2) is 5.83 Å². The lowest BCUT2D eigenvalue weighted by Gasteiger charge is -2.27. The van der Waals surface area contributed by atoms with E-state index in [2.05, 4.69) is 19.1 Å². The Kier molecular flexibility index (Phi) is 6.49. The van der Waals surface area contributed by atoms with Crippen LogP contribution in [0.5, 0.6) is 0 Å². The fourth-order valence-electron chi connectivity index (χ4n) is 3.85. The van der Waals surface area contributed by atoms with Crippen LogP contribution in [0.3, 0.4) is 0 Å². The van der Waals surface area contributed by atoms with Crippen LogP contribution in [0.25, 0.3) is 0 Å². The van der Waals surface area contributed by atoms with Gasteiger partial charge in [-0.15, -0.1) is 0 Å². The van der Waals surface area contributed by atoms with Crippen LogP contribution in [0.4, 0.5) is 4.39 Å². The minimum atomic E-state index is -0.610. The first-order chi connectivity index (χ1) is 10.2. The summed E-state index contributed by atoms with van der Waals surface area (Å²) in [7, 11) is 0. The van der Waals surface area contributed by atoms with E-state index in [1.165, 1.54) is 38.2 Å². The van der Waals surface area contributed by atoms with Crippen molar-refractivity contribution in [3.63, 3.8) is 0 Å². The molecule has 21 heavy (non-hydrogen) atoms. The highest BCUT2D eigenvalue weighted by atomic mass is 19.1. The second-order valence-corrected chi connectivity index (χ2v) is 6.88. The number of nitrogens with zero attached hydrogens (tertiary/aromatic N) is 1. The molecule has 2 rings (SSSR count). The molecule has 0 amide bonds. The van der Waals surface area contributed by atoms with Gasteiger partial charge in [-0.25, -0.2) is 0 Å². The lowest BCUT2D eigenvalue weighted by Crippen LogP contribution is -2.14. The summed E-state index contributed by atoms with van der Waals surface area (Å²) in [5.41, 5.74) is 0. The molecule has 116 valence electrons. The summed E-state index contributed by atoms with van der Waals surface area (Å²) in [4.78, 5) is 0. The summed E-state index contributed by atoms with van der Waals surface area (Å²) < 4.78 is 13.0. The molecular weight excluding hydrogens is 261 g/mol. The number of rotatable bonds is 4. The monoisotopic (exact) mass is 289 g/mol. The molecule has 0 aliphatic heterocycles. The third-order valence-corrected chi connectivity index (χ3v) is 5.43. The molecule has 0 saturated heterocycles. The van der Waals surface area contributed by atoms with E-state index in [0.717, 1.165) is 37.5 Å². The lowest BCUT2D eigenvalue weighted by atomic mass is 9.78. The Hall–Kier alpha value is -1.10. The second-order valence-electron chi connectivity index (χ2n) is 6.88. The Labute approximate surface area is 128 Å². The number of halogens is 1. The molecule has 1 nitrogen and oxygen atoms in total. The summed E-state index contributed by atoms with van der Waals surface area (Å²) in [6.07, 6.45) is 17.6.